The van der Waals surface area contributed by atoms with Crippen molar-refractivity contribution < 1.29 is 29.4 Å². The lowest BCUT2D eigenvalue weighted by Gasteiger charge is -2.40. The van der Waals surface area contributed by atoms with Crippen LogP contribution in [0.15, 0.2) is 35.6 Å². The highest BCUT2D eigenvalue weighted by Gasteiger charge is 2.58. The molecule has 2 bridgehead atoms. The Hall–Kier alpha value is -2.74. The van der Waals surface area contributed by atoms with Crippen LogP contribution in [0.25, 0.3) is 0 Å². The zero-order valence-corrected chi connectivity index (χ0v) is 21.6. The molecule has 10 atom stereocenters. The first-order valence-electron chi connectivity index (χ1n) is 13.8. The van der Waals surface area contributed by atoms with Gasteiger partial charge in [0, 0.05) is 18.9 Å². The highest BCUT2D eigenvalue weighted by Crippen LogP contribution is 2.61. The SMILES string of the molecule is CC[C@@H]1C[C@@H]2C[C@H]3[C@@H]4C/C=C\C(=O)NCC[C@H](O)[C@H]5NC(=O)C(=C(O)/C=C/[C@H]4CC(=O)[C@H]3[C@@H]2[C@H]1C)C5=O. The number of aliphatic hydroxyl groups is 2. The number of hydrogen-bond donors (Lipinski definition) is 4. The Kier molecular flexibility index (Phi) is 7.14. The summed E-state index contributed by atoms with van der Waals surface area (Å²) in [5, 5.41) is 26.3. The number of carbonyl (C=O) groups is 4. The lowest BCUT2D eigenvalue weighted by atomic mass is 9.63. The third kappa shape index (κ3) is 4.58. The van der Waals surface area contributed by atoms with Gasteiger partial charge in [0.15, 0.2) is 5.78 Å². The minimum atomic E-state index is -1.20. The molecule has 37 heavy (non-hydrogen) atoms. The Bertz CT molecular complexity index is 1080. The normalized spacial score (nSPS) is 44.1. The fourth-order valence-corrected chi connectivity index (χ4v) is 8.25. The second kappa shape index (κ2) is 10.2. The molecule has 5 aliphatic rings. The fraction of sp³-hybridized carbons (Fsp3) is 0.655. The van der Waals surface area contributed by atoms with Gasteiger partial charge in [0.05, 0.1) is 6.10 Å². The molecule has 1 saturated heterocycles. The Labute approximate surface area is 217 Å². The quantitative estimate of drug-likeness (QED) is 0.401. The van der Waals surface area contributed by atoms with Crippen LogP contribution >= 0.6 is 0 Å². The number of rotatable bonds is 1. The van der Waals surface area contributed by atoms with E-state index < -0.39 is 29.6 Å². The van der Waals surface area contributed by atoms with Gasteiger partial charge in [0.1, 0.15) is 23.2 Å². The van der Waals surface area contributed by atoms with Crippen molar-refractivity contribution in [3.05, 3.63) is 35.6 Å². The summed E-state index contributed by atoms with van der Waals surface area (Å²) >= 11 is 0. The zero-order valence-electron chi connectivity index (χ0n) is 21.6. The largest absolute Gasteiger partial charge is 0.507 e. The summed E-state index contributed by atoms with van der Waals surface area (Å²) < 4.78 is 0. The summed E-state index contributed by atoms with van der Waals surface area (Å²) in [5.74, 6) is 0.507. The highest BCUT2D eigenvalue weighted by molar-refractivity contribution is 6.27. The average molecular weight is 511 g/mol. The molecule has 0 aromatic heterocycles. The van der Waals surface area contributed by atoms with E-state index in [1.165, 1.54) is 18.6 Å². The van der Waals surface area contributed by atoms with E-state index in [4.69, 9.17) is 0 Å². The first-order valence-corrected chi connectivity index (χ1v) is 13.8. The Morgan fingerprint density at radius 3 is 2.62 bits per heavy atom. The molecule has 8 nitrogen and oxygen atoms in total. The molecule has 0 radical (unpaired) electrons. The molecule has 2 heterocycles. The van der Waals surface area contributed by atoms with Crippen LogP contribution in [0.4, 0.5) is 0 Å². The van der Waals surface area contributed by atoms with Crippen LogP contribution in [0.2, 0.25) is 0 Å². The maximum absolute atomic E-state index is 13.5. The summed E-state index contributed by atoms with van der Waals surface area (Å²) in [6, 6.07) is -1.17. The average Bonchev–Trinajstić information content (AvgIpc) is 3.48. The van der Waals surface area contributed by atoms with Gasteiger partial charge < -0.3 is 20.8 Å². The molecule has 0 unspecified atom stereocenters. The summed E-state index contributed by atoms with van der Waals surface area (Å²) in [5.41, 5.74) is -0.372. The van der Waals surface area contributed by atoms with Gasteiger partial charge in [-0.2, -0.15) is 0 Å². The van der Waals surface area contributed by atoms with E-state index in [9.17, 15) is 29.4 Å². The number of aliphatic hydroxyl groups excluding tert-OH is 2. The molecule has 0 spiro atoms. The maximum Gasteiger partial charge on any atom is 0.259 e. The van der Waals surface area contributed by atoms with Gasteiger partial charge >= 0.3 is 0 Å². The predicted octanol–water partition coefficient (Wildman–Crippen LogP) is 2.39. The number of Topliss-reactive ketones (excluding diaryl/α,β-unsaturated/α-hetero) is 2. The van der Waals surface area contributed by atoms with Crippen LogP contribution in [-0.2, 0) is 19.2 Å². The van der Waals surface area contributed by atoms with Gasteiger partial charge in [0.25, 0.3) is 5.91 Å². The van der Waals surface area contributed by atoms with Crippen molar-refractivity contribution in [3.8, 4) is 0 Å². The van der Waals surface area contributed by atoms with E-state index in [1.807, 2.05) is 6.08 Å². The number of ketones is 2. The Morgan fingerprint density at radius 1 is 1.08 bits per heavy atom. The number of amides is 2. The molecule has 200 valence electrons. The molecular weight excluding hydrogens is 472 g/mol. The first-order chi connectivity index (χ1) is 17.7. The van der Waals surface area contributed by atoms with Gasteiger partial charge in [0.2, 0.25) is 5.91 Å². The molecule has 8 heteroatoms. The minimum absolute atomic E-state index is 0.0374. The van der Waals surface area contributed by atoms with E-state index in [0.717, 1.165) is 12.8 Å². The van der Waals surface area contributed by atoms with E-state index in [2.05, 4.69) is 24.5 Å². The van der Waals surface area contributed by atoms with Crippen molar-refractivity contribution in [3.63, 3.8) is 0 Å². The number of fused-ring (bicyclic) bond motifs is 7. The molecule has 3 saturated carbocycles. The van der Waals surface area contributed by atoms with Crippen molar-refractivity contribution in [1.29, 1.82) is 0 Å². The summed E-state index contributed by atoms with van der Waals surface area (Å²) in [4.78, 5) is 51.2. The van der Waals surface area contributed by atoms with Crippen molar-refractivity contribution in [2.75, 3.05) is 6.54 Å². The monoisotopic (exact) mass is 510 g/mol. The van der Waals surface area contributed by atoms with Crippen LogP contribution in [0, 0.1) is 47.3 Å². The molecule has 2 amide bonds. The molecule has 3 aliphatic carbocycles. The van der Waals surface area contributed by atoms with E-state index in [0.29, 0.717) is 36.5 Å². The van der Waals surface area contributed by atoms with E-state index in [1.54, 1.807) is 6.08 Å². The standard InChI is InChI=1S/C29H38N2O6/c1-3-15-11-17-12-19-18-5-4-6-23(35)30-10-9-21(33)27-28(36)26(29(37)31-27)20(32)8-7-16(18)13-22(34)25(19)24(17)14(15)2/h4,6-8,14-19,21,24-25,27,32-33H,3,5,9-13H2,1-2H3,(H,30,35)(H,31,37)/b6-4-,8-7+,26-20?/t14-,15+,16-,17+,18+,19-,21-,24+,25-,27+/m0/s1. The van der Waals surface area contributed by atoms with Crippen molar-refractivity contribution in [1.82, 2.24) is 10.6 Å². The second-order valence-corrected chi connectivity index (χ2v) is 11.7. The third-order valence-corrected chi connectivity index (χ3v) is 9.99. The number of hydrogen-bond acceptors (Lipinski definition) is 6. The van der Waals surface area contributed by atoms with Gasteiger partial charge in [-0.05, 0) is 79.3 Å². The lowest BCUT2D eigenvalue weighted by Crippen LogP contribution is -2.42. The molecule has 0 aromatic carbocycles. The molecule has 4 fully saturated rings. The molecule has 5 rings (SSSR count). The highest BCUT2D eigenvalue weighted by atomic mass is 16.3. The number of nitrogens with one attached hydrogen (secondary N) is 2. The van der Waals surface area contributed by atoms with E-state index in [-0.39, 0.29) is 53.9 Å². The summed E-state index contributed by atoms with van der Waals surface area (Å²) in [6.07, 6.45) is 9.70. The topological polar surface area (TPSA) is 133 Å². The van der Waals surface area contributed by atoms with Gasteiger partial charge in [-0.1, -0.05) is 32.4 Å². The zero-order chi connectivity index (χ0) is 26.4. The minimum Gasteiger partial charge on any atom is -0.507 e. The van der Waals surface area contributed by atoms with Gasteiger partial charge in [-0.25, -0.2) is 0 Å². The molecular formula is C29H38N2O6. The molecule has 0 aromatic rings. The molecule has 2 aliphatic heterocycles. The summed E-state index contributed by atoms with van der Waals surface area (Å²) in [6.45, 7) is 4.68. The number of carbonyl (C=O) groups excluding carboxylic acids is 4. The Balaban J connectivity index is 1.47. The van der Waals surface area contributed by atoms with Crippen molar-refractivity contribution in [2.24, 2.45) is 47.3 Å². The predicted molar refractivity (Wildman–Crippen MR) is 136 cm³/mol. The molecule has 4 N–H and O–H groups in total. The maximum atomic E-state index is 13.5. The first kappa shape index (κ1) is 25.9. The van der Waals surface area contributed by atoms with Gasteiger partial charge in [-0.15, -0.1) is 0 Å². The van der Waals surface area contributed by atoms with Crippen LogP contribution < -0.4 is 10.6 Å². The Morgan fingerprint density at radius 2 is 1.86 bits per heavy atom. The second-order valence-electron chi connectivity index (χ2n) is 11.7. The van der Waals surface area contributed by atoms with Crippen molar-refractivity contribution >= 4 is 23.4 Å². The van der Waals surface area contributed by atoms with Crippen LogP contribution in [0.3, 0.4) is 0 Å². The third-order valence-electron chi connectivity index (χ3n) is 9.99. The summed E-state index contributed by atoms with van der Waals surface area (Å²) in [7, 11) is 0. The van der Waals surface area contributed by atoms with Gasteiger partial charge in [-0.3, -0.25) is 19.2 Å². The lowest BCUT2D eigenvalue weighted by molar-refractivity contribution is -0.131. The van der Waals surface area contributed by atoms with Crippen LogP contribution in [-0.4, -0.2) is 52.3 Å². The van der Waals surface area contributed by atoms with E-state index >= 15 is 0 Å². The van der Waals surface area contributed by atoms with Crippen LogP contribution in [0.5, 0.6) is 0 Å². The van der Waals surface area contributed by atoms with Crippen LogP contribution in [0.1, 0.15) is 52.4 Å². The smallest absolute Gasteiger partial charge is 0.259 e. The van der Waals surface area contributed by atoms with Crippen molar-refractivity contribution in [2.45, 2.75) is 64.5 Å². The number of allylic oxidation sites excluding steroid dienone is 3. The fourth-order valence-electron chi connectivity index (χ4n) is 8.25.